The Morgan fingerprint density at radius 2 is 1.78 bits per heavy atom. The number of esters is 1. The Hall–Kier alpha value is -3.81. The Bertz CT molecular complexity index is 977. The van der Waals surface area contributed by atoms with Gasteiger partial charge in [-0.15, -0.1) is 0 Å². The lowest BCUT2D eigenvalue weighted by molar-refractivity contribution is 0.0600. The first-order valence-electron chi connectivity index (χ1n) is 7.90. The summed E-state index contributed by atoms with van der Waals surface area (Å²) in [7, 11) is 1.31. The van der Waals surface area contributed by atoms with E-state index in [9.17, 15) is 14.0 Å². The molecule has 0 radical (unpaired) electrons. The second-order valence-corrected chi connectivity index (χ2v) is 5.42. The molecule has 0 atom stereocenters. The van der Waals surface area contributed by atoms with Gasteiger partial charge in [-0.2, -0.15) is 0 Å². The monoisotopic (exact) mass is 366 g/mol. The van der Waals surface area contributed by atoms with Crippen molar-refractivity contribution in [2.24, 2.45) is 0 Å². The topological polar surface area (TPSA) is 93.2 Å². The molecule has 0 saturated heterocycles. The Labute approximate surface area is 154 Å². The van der Waals surface area contributed by atoms with Gasteiger partial charge >= 0.3 is 5.97 Å². The molecule has 0 spiro atoms. The van der Waals surface area contributed by atoms with E-state index in [1.807, 2.05) is 0 Å². The van der Waals surface area contributed by atoms with Crippen LogP contribution in [0.15, 0.2) is 60.9 Å². The second kappa shape index (κ2) is 8.05. The van der Waals surface area contributed by atoms with Crippen LogP contribution in [0.2, 0.25) is 0 Å². The highest BCUT2D eigenvalue weighted by molar-refractivity contribution is 6.03. The summed E-state index contributed by atoms with van der Waals surface area (Å²) in [5.41, 5.74) is 1.20. The van der Waals surface area contributed by atoms with Crippen LogP contribution in [0.1, 0.15) is 20.8 Å². The molecule has 7 nitrogen and oxygen atoms in total. The number of hydrogen-bond acceptors (Lipinski definition) is 6. The molecule has 2 aromatic carbocycles. The van der Waals surface area contributed by atoms with Crippen LogP contribution >= 0.6 is 0 Å². The minimum atomic E-state index is -0.563. The van der Waals surface area contributed by atoms with Gasteiger partial charge in [-0.05, 0) is 36.4 Å². The lowest BCUT2D eigenvalue weighted by Gasteiger charge is -2.08. The number of benzene rings is 2. The van der Waals surface area contributed by atoms with Gasteiger partial charge in [-0.1, -0.05) is 12.1 Å². The van der Waals surface area contributed by atoms with Gasteiger partial charge in [-0.25, -0.2) is 19.2 Å². The molecule has 1 aromatic heterocycles. The lowest BCUT2D eigenvalue weighted by atomic mass is 10.2. The standard InChI is InChI=1S/C19H15FN4O3/c1-27-19(26)12-6-8-13(9-7-12)23-17-10-16(21-11-22-17)18(25)24-15-5-3-2-4-14(15)20/h2-11H,1H3,(H,24,25)(H,21,22,23). The molecule has 8 heteroatoms. The molecule has 2 N–H and O–H groups in total. The summed E-state index contributed by atoms with van der Waals surface area (Å²) >= 11 is 0. The number of nitrogens with one attached hydrogen (secondary N) is 2. The van der Waals surface area contributed by atoms with Crippen LogP contribution in [0, 0.1) is 5.82 Å². The molecule has 3 rings (SSSR count). The first-order chi connectivity index (χ1) is 13.1. The Morgan fingerprint density at radius 1 is 1.04 bits per heavy atom. The maximum absolute atomic E-state index is 13.7. The van der Waals surface area contributed by atoms with E-state index in [1.54, 1.807) is 30.3 Å². The number of carbonyl (C=O) groups excluding carboxylic acids is 2. The lowest BCUT2D eigenvalue weighted by Crippen LogP contribution is -2.15. The molecule has 0 aliphatic carbocycles. The summed E-state index contributed by atoms with van der Waals surface area (Å²) in [6.07, 6.45) is 1.22. The predicted molar refractivity (Wildman–Crippen MR) is 97.4 cm³/mol. The third-order valence-corrected chi connectivity index (χ3v) is 3.60. The predicted octanol–water partition coefficient (Wildman–Crippen LogP) is 3.40. The summed E-state index contributed by atoms with van der Waals surface area (Å²) in [5.74, 6) is -1.17. The number of methoxy groups -OCH3 is 1. The van der Waals surface area contributed by atoms with Gasteiger partial charge in [0.2, 0.25) is 0 Å². The van der Waals surface area contributed by atoms with Gasteiger partial charge in [0.25, 0.3) is 5.91 Å². The molecule has 1 amide bonds. The van der Waals surface area contributed by atoms with Gasteiger partial charge < -0.3 is 15.4 Å². The number of aromatic nitrogens is 2. The first kappa shape index (κ1) is 18.0. The van der Waals surface area contributed by atoms with E-state index >= 15 is 0 Å². The molecule has 0 aliphatic rings. The number of para-hydroxylation sites is 1. The van der Waals surface area contributed by atoms with E-state index in [0.717, 1.165) is 0 Å². The number of carbonyl (C=O) groups is 2. The molecule has 27 heavy (non-hydrogen) atoms. The van der Waals surface area contributed by atoms with Crippen LogP contribution in [0.4, 0.5) is 21.6 Å². The molecular formula is C19H15FN4O3. The van der Waals surface area contributed by atoms with Crippen molar-refractivity contribution in [1.29, 1.82) is 0 Å². The van der Waals surface area contributed by atoms with Crippen molar-refractivity contribution in [1.82, 2.24) is 9.97 Å². The highest BCUT2D eigenvalue weighted by atomic mass is 19.1. The number of amides is 1. The molecule has 0 bridgehead atoms. The number of rotatable bonds is 5. The first-order valence-corrected chi connectivity index (χ1v) is 7.90. The van der Waals surface area contributed by atoms with Crippen LogP contribution in [0.5, 0.6) is 0 Å². The SMILES string of the molecule is COC(=O)c1ccc(Nc2cc(C(=O)Nc3ccccc3F)ncn2)cc1. The van der Waals surface area contributed by atoms with Crippen LogP contribution in [-0.2, 0) is 4.74 Å². The Balaban J connectivity index is 1.72. The number of anilines is 3. The molecule has 0 aliphatic heterocycles. The van der Waals surface area contributed by atoms with Crippen molar-refractivity contribution in [3.8, 4) is 0 Å². The normalized spacial score (nSPS) is 10.1. The van der Waals surface area contributed by atoms with Crippen LogP contribution in [0.25, 0.3) is 0 Å². The van der Waals surface area contributed by atoms with Crippen molar-refractivity contribution >= 4 is 29.1 Å². The van der Waals surface area contributed by atoms with Gasteiger partial charge in [0.05, 0.1) is 18.4 Å². The van der Waals surface area contributed by atoms with Gasteiger partial charge in [-0.3, -0.25) is 4.79 Å². The maximum Gasteiger partial charge on any atom is 0.337 e. The summed E-state index contributed by atoms with van der Waals surface area (Å²) < 4.78 is 18.3. The highest BCUT2D eigenvalue weighted by Crippen LogP contribution is 2.17. The van der Waals surface area contributed by atoms with E-state index in [0.29, 0.717) is 17.1 Å². The molecular weight excluding hydrogens is 351 g/mol. The van der Waals surface area contributed by atoms with Gasteiger partial charge in [0.15, 0.2) is 0 Å². The average molecular weight is 366 g/mol. The Kier molecular flexibility index (Phi) is 5.36. The van der Waals surface area contributed by atoms with Crippen LogP contribution in [0.3, 0.4) is 0 Å². The fourth-order valence-electron chi connectivity index (χ4n) is 2.25. The number of halogens is 1. The Morgan fingerprint density at radius 3 is 2.48 bits per heavy atom. The number of nitrogens with zero attached hydrogens (tertiary/aromatic N) is 2. The fraction of sp³-hybridized carbons (Fsp3) is 0.0526. The zero-order valence-electron chi connectivity index (χ0n) is 14.3. The number of hydrogen-bond donors (Lipinski definition) is 2. The summed E-state index contributed by atoms with van der Waals surface area (Å²) in [5, 5.41) is 5.46. The van der Waals surface area contributed by atoms with Crippen LogP contribution < -0.4 is 10.6 Å². The van der Waals surface area contributed by atoms with Crippen LogP contribution in [-0.4, -0.2) is 29.0 Å². The molecule has 136 valence electrons. The summed E-state index contributed by atoms with van der Waals surface area (Å²) in [6, 6.07) is 13.8. The molecule has 3 aromatic rings. The number of ether oxygens (including phenoxy) is 1. The van der Waals surface area contributed by atoms with Gasteiger partial charge in [0, 0.05) is 11.8 Å². The van der Waals surface area contributed by atoms with Crippen molar-refractivity contribution in [3.05, 3.63) is 78.0 Å². The zero-order valence-corrected chi connectivity index (χ0v) is 14.3. The second-order valence-electron chi connectivity index (χ2n) is 5.42. The summed E-state index contributed by atoms with van der Waals surface area (Å²) in [4.78, 5) is 31.7. The highest BCUT2D eigenvalue weighted by Gasteiger charge is 2.12. The molecule has 1 heterocycles. The minimum absolute atomic E-state index is 0.0639. The van der Waals surface area contributed by atoms with Crippen molar-refractivity contribution in [2.45, 2.75) is 0 Å². The molecule has 0 saturated carbocycles. The minimum Gasteiger partial charge on any atom is -0.465 e. The zero-order chi connectivity index (χ0) is 19.2. The van der Waals surface area contributed by atoms with E-state index in [4.69, 9.17) is 0 Å². The fourth-order valence-corrected chi connectivity index (χ4v) is 2.25. The molecule has 0 fully saturated rings. The van der Waals surface area contributed by atoms with Crippen molar-refractivity contribution in [3.63, 3.8) is 0 Å². The van der Waals surface area contributed by atoms with E-state index in [2.05, 4.69) is 25.3 Å². The van der Waals surface area contributed by atoms with Gasteiger partial charge in [0.1, 0.15) is 23.7 Å². The third-order valence-electron chi connectivity index (χ3n) is 3.60. The molecule has 0 unspecified atom stereocenters. The van der Waals surface area contributed by atoms with E-state index in [-0.39, 0.29) is 11.4 Å². The smallest absolute Gasteiger partial charge is 0.337 e. The summed E-state index contributed by atoms with van der Waals surface area (Å²) in [6.45, 7) is 0. The quantitative estimate of drug-likeness (QED) is 0.672. The van der Waals surface area contributed by atoms with E-state index < -0.39 is 17.7 Å². The van der Waals surface area contributed by atoms with Crippen molar-refractivity contribution in [2.75, 3.05) is 17.7 Å². The average Bonchev–Trinajstić information content (AvgIpc) is 2.70. The van der Waals surface area contributed by atoms with E-state index in [1.165, 1.54) is 37.7 Å². The largest absolute Gasteiger partial charge is 0.465 e. The third kappa shape index (κ3) is 4.43. The maximum atomic E-state index is 13.7. The van der Waals surface area contributed by atoms with Crippen molar-refractivity contribution < 1.29 is 18.7 Å².